The van der Waals surface area contributed by atoms with Crippen molar-refractivity contribution in [2.24, 2.45) is 5.73 Å². The zero-order chi connectivity index (χ0) is 8.53. The van der Waals surface area contributed by atoms with Crippen molar-refractivity contribution >= 4 is 0 Å². The van der Waals surface area contributed by atoms with Crippen LogP contribution < -0.4 is 11.3 Å². The van der Waals surface area contributed by atoms with Gasteiger partial charge in [0.1, 0.15) is 0 Å². The van der Waals surface area contributed by atoms with Gasteiger partial charge in [-0.3, -0.25) is 0 Å². The first-order valence-corrected chi connectivity index (χ1v) is 4.03. The van der Waals surface area contributed by atoms with Crippen LogP contribution in [0.25, 0.3) is 0 Å². The molecule has 0 saturated heterocycles. The van der Waals surface area contributed by atoms with Gasteiger partial charge < -0.3 is 10.6 Å². The Balaban J connectivity index is 3.02. The van der Waals surface area contributed by atoms with Crippen molar-refractivity contribution in [2.75, 3.05) is 33.2 Å². The number of nitrogens with zero attached hydrogens (tertiary/aromatic N) is 1. The Hall–Kier alpha value is -0.190. The van der Waals surface area contributed by atoms with Gasteiger partial charge in [-0.15, -0.1) is 4.48 Å². The van der Waals surface area contributed by atoms with E-state index in [-0.39, 0.29) is 0 Å². The van der Waals surface area contributed by atoms with E-state index in [1.165, 1.54) is 0 Å². The second-order valence-electron chi connectivity index (χ2n) is 2.68. The van der Waals surface area contributed by atoms with E-state index in [1.807, 2.05) is 7.05 Å². The molecule has 0 saturated carbocycles. The van der Waals surface area contributed by atoms with E-state index in [4.69, 9.17) is 5.73 Å². The van der Waals surface area contributed by atoms with E-state index >= 15 is 0 Å². The number of halogens is 1. The predicted octanol–water partition coefficient (Wildman–Crippen LogP) is 0.131. The average Bonchev–Trinajstić information content (AvgIpc) is 2.01. The summed E-state index contributed by atoms with van der Waals surface area (Å²) in [5.41, 5.74) is 6.96. The maximum atomic E-state index is 11.4. The lowest BCUT2D eigenvalue weighted by atomic mass is 10.3. The molecule has 0 atom stereocenters. The molecule has 3 nitrogen and oxygen atoms in total. The molecule has 11 heavy (non-hydrogen) atoms. The molecular formula is C7H18FN3. The van der Waals surface area contributed by atoms with Gasteiger partial charge in [0.15, 0.2) is 0 Å². The van der Waals surface area contributed by atoms with E-state index in [1.54, 1.807) is 5.54 Å². The molecule has 0 aliphatic heterocycles. The summed E-state index contributed by atoms with van der Waals surface area (Å²) in [5, 5.41) is 0. The van der Waals surface area contributed by atoms with Gasteiger partial charge in [-0.1, -0.05) is 0 Å². The molecule has 0 radical (unpaired) electrons. The Labute approximate surface area is 67.7 Å². The Morgan fingerprint density at radius 2 is 2.00 bits per heavy atom. The number of nitrogens with one attached hydrogen (secondary N) is 1. The minimum atomic E-state index is 0.437. The molecule has 0 rings (SSSR count). The van der Waals surface area contributed by atoms with Gasteiger partial charge in [-0.25, -0.2) is 0 Å². The summed E-state index contributed by atoms with van der Waals surface area (Å²) in [6.07, 6.45) is 1.86. The molecule has 0 amide bonds. The number of rotatable bonds is 7. The first kappa shape index (κ1) is 10.8. The fraction of sp³-hybridized carbons (Fsp3) is 1.00. The highest BCUT2D eigenvalue weighted by molar-refractivity contribution is 4.52. The predicted molar refractivity (Wildman–Crippen MR) is 44.9 cm³/mol. The molecule has 0 heterocycles. The highest BCUT2D eigenvalue weighted by Crippen LogP contribution is 1.88. The van der Waals surface area contributed by atoms with Gasteiger partial charge in [0.2, 0.25) is 0 Å². The SMILES string of the molecule is CN(CCCN)CCCNF. The van der Waals surface area contributed by atoms with Crippen molar-refractivity contribution < 1.29 is 4.48 Å². The van der Waals surface area contributed by atoms with Gasteiger partial charge in [0.25, 0.3) is 0 Å². The summed E-state index contributed by atoms with van der Waals surface area (Å²) in [7, 11) is 2.02. The normalized spacial score (nSPS) is 10.9. The highest BCUT2D eigenvalue weighted by Gasteiger charge is 1.95. The van der Waals surface area contributed by atoms with Crippen LogP contribution in [0.4, 0.5) is 4.48 Å². The molecule has 0 aromatic carbocycles. The molecule has 0 unspecified atom stereocenters. The Morgan fingerprint density at radius 3 is 2.55 bits per heavy atom. The third-order valence-electron chi connectivity index (χ3n) is 1.56. The van der Waals surface area contributed by atoms with Crippen molar-refractivity contribution in [3.05, 3.63) is 0 Å². The van der Waals surface area contributed by atoms with E-state index in [0.29, 0.717) is 6.54 Å². The molecule has 68 valence electrons. The average molecular weight is 163 g/mol. The van der Waals surface area contributed by atoms with Crippen LogP contribution in [0.1, 0.15) is 12.8 Å². The monoisotopic (exact) mass is 163 g/mol. The van der Waals surface area contributed by atoms with Crippen LogP contribution in [0.2, 0.25) is 0 Å². The number of hydrogen-bond donors (Lipinski definition) is 2. The maximum absolute atomic E-state index is 11.4. The van der Waals surface area contributed by atoms with Crippen molar-refractivity contribution in [3.8, 4) is 0 Å². The van der Waals surface area contributed by atoms with Gasteiger partial charge in [0.05, 0.1) is 0 Å². The maximum Gasteiger partial charge on any atom is 0.0271 e. The van der Waals surface area contributed by atoms with E-state index in [9.17, 15) is 4.48 Å². The third kappa shape index (κ3) is 7.71. The lowest BCUT2D eigenvalue weighted by Gasteiger charge is -2.14. The molecule has 0 spiro atoms. The van der Waals surface area contributed by atoms with E-state index < -0.39 is 0 Å². The summed E-state index contributed by atoms with van der Waals surface area (Å²) in [6, 6.07) is 0. The minimum Gasteiger partial charge on any atom is -0.330 e. The fourth-order valence-corrected chi connectivity index (χ4v) is 0.889. The zero-order valence-corrected chi connectivity index (χ0v) is 7.15. The van der Waals surface area contributed by atoms with Gasteiger partial charge >= 0.3 is 0 Å². The van der Waals surface area contributed by atoms with Crippen LogP contribution >= 0.6 is 0 Å². The van der Waals surface area contributed by atoms with Crippen LogP contribution in [-0.4, -0.2) is 38.1 Å². The fourth-order valence-electron chi connectivity index (χ4n) is 0.889. The summed E-state index contributed by atoms with van der Waals surface area (Å²) < 4.78 is 11.4. The Bertz CT molecular complexity index is 80.1. The summed E-state index contributed by atoms with van der Waals surface area (Å²) in [6.45, 7) is 3.10. The number of hydrogen-bond acceptors (Lipinski definition) is 3. The van der Waals surface area contributed by atoms with E-state index in [2.05, 4.69) is 4.90 Å². The molecule has 3 N–H and O–H groups in total. The number of nitrogens with two attached hydrogens (primary N) is 1. The molecule has 0 bridgehead atoms. The first-order chi connectivity index (χ1) is 5.31. The molecule has 4 heteroatoms. The summed E-state index contributed by atoms with van der Waals surface area (Å²) in [4.78, 5) is 2.16. The lowest BCUT2D eigenvalue weighted by molar-refractivity contribution is 0.287. The summed E-state index contributed by atoms with van der Waals surface area (Å²) in [5.74, 6) is 0. The second-order valence-corrected chi connectivity index (χ2v) is 2.68. The van der Waals surface area contributed by atoms with Gasteiger partial charge in [-0.2, -0.15) is 5.54 Å². The van der Waals surface area contributed by atoms with Crippen LogP contribution in [-0.2, 0) is 0 Å². The van der Waals surface area contributed by atoms with Crippen molar-refractivity contribution in [1.29, 1.82) is 0 Å². The summed E-state index contributed by atoms with van der Waals surface area (Å²) >= 11 is 0. The highest BCUT2D eigenvalue weighted by atomic mass is 19.2. The largest absolute Gasteiger partial charge is 0.330 e. The molecular weight excluding hydrogens is 145 g/mol. The first-order valence-electron chi connectivity index (χ1n) is 4.03. The third-order valence-corrected chi connectivity index (χ3v) is 1.56. The van der Waals surface area contributed by atoms with Crippen molar-refractivity contribution in [1.82, 2.24) is 10.4 Å². The zero-order valence-electron chi connectivity index (χ0n) is 7.15. The van der Waals surface area contributed by atoms with Crippen LogP contribution in [0.5, 0.6) is 0 Å². The molecule has 0 aromatic rings. The molecule has 0 aliphatic rings. The Morgan fingerprint density at radius 1 is 1.36 bits per heavy atom. The van der Waals surface area contributed by atoms with Gasteiger partial charge in [0, 0.05) is 6.54 Å². The second kappa shape index (κ2) is 7.91. The minimum absolute atomic E-state index is 0.437. The molecule has 0 aromatic heterocycles. The van der Waals surface area contributed by atoms with Crippen molar-refractivity contribution in [2.45, 2.75) is 12.8 Å². The van der Waals surface area contributed by atoms with E-state index in [0.717, 1.165) is 32.5 Å². The van der Waals surface area contributed by atoms with Crippen LogP contribution in [0.3, 0.4) is 0 Å². The quantitative estimate of drug-likeness (QED) is 0.414. The smallest absolute Gasteiger partial charge is 0.0271 e. The topological polar surface area (TPSA) is 41.3 Å². The van der Waals surface area contributed by atoms with Crippen molar-refractivity contribution in [3.63, 3.8) is 0 Å². The Kier molecular flexibility index (Phi) is 7.78. The standard InChI is InChI=1S/C7H18FN3/c1-11(6-2-4-9)7-3-5-10-8/h10H,2-7,9H2,1H3. The van der Waals surface area contributed by atoms with Crippen LogP contribution in [0.15, 0.2) is 0 Å². The lowest BCUT2D eigenvalue weighted by Crippen LogP contribution is -2.24. The molecule has 0 aliphatic carbocycles. The van der Waals surface area contributed by atoms with Gasteiger partial charge in [-0.05, 0) is 39.5 Å². The molecule has 0 fully saturated rings. The van der Waals surface area contributed by atoms with Crippen LogP contribution in [0, 0.1) is 0 Å².